The van der Waals surface area contributed by atoms with E-state index in [0.717, 1.165) is 22.3 Å². The van der Waals surface area contributed by atoms with Gasteiger partial charge in [0.1, 0.15) is 11.4 Å². The van der Waals surface area contributed by atoms with Crippen LogP contribution < -0.4 is 5.32 Å². The van der Waals surface area contributed by atoms with E-state index in [0.29, 0.717) is 0 Å². The molecule has 3 atom stereocenters. The van der Waals surface area contributed by atoms with Crippen LogP contribution in [0.15, 0.2) is 84.9 Å². The number of likely N-dealkylation sites (N-methyl/N-ethyl adjacent to an activating group) is 1. The Morgan fingerprint density at radius 1 is 0.881 bits per heavy atom. The van der Waals surface area contributed by atoms with Gasteiger partial charge in [0.05, 0.1) is 19.3 Å². The molecule has 0 bridgehead atoms. The number of nitrogens with one attached hydrogen (secondary N) is 1. The molecule has 3 rings (SSSR count). The second-order valence-electron chi connectivity index (χ2n) is 11.3. The fourth-order valence-corrected chi connectivity index (χ4v) is 4.92. The summed E-state index contributed by atoms with van der Waals surface area (Å²) in [5, 5.41) is 2.74. The van der Waals surface area contributed by atoms with Gasteiger partial charge < -0.3 is 24.6 Å². The van der Waals surface area contributed by atoms with Crippen LogP contribution in [0.4, 0.5) is 0 Å². The number of hydrogen-bond donors (Lipinski definition) is 3. The molecule has 0 radical (unpaired) electrons. The Balaban J connectivity index is 1.83. The first kappa shape index (κ1) is 33.2. The van der Waals surface area contributed by atoms with Crippen LogP contribution in [0.1, 0.15) is 38.8 Å². The predicted molar refractivity (Wildman–Crippen MR) is 163 cm³/mol. The van der Waals surface area contributed by atoms with E-state index in [1.807, 2.05) is 84.9 Å². The fourth-order valence-electron chi connectivity index (χ4n) is 4.28. The molecular formula is C32H41N2O7P. The second-order valence-corrected chi connectivity index (χ2v) is 13.2. The maximum Gasteiger partial charge on any atom is 0.342 e. The largest absolute Gasteiger partial charge is 0.458 e. The van der Waals surface area contributed by atoms with E-state index in [9.17, 15) is 23.9 Å². The zero-order valence-electron chi connectivity index (χ0n) is 24.8. The minimum absolute atomic E-state index is 0.146. The molecule has 0 aliphatic carbocycles. The van der Waals surface area contributed by atoms with Gasteiger partial charge in [-0.1, -0.05) is 84.9 Å². The smallest absolute Gasteiger partial charge is 0.342 e. The number of benzene rings is 3. The summed E-state index contributed by atoms with van der Waals surface area (Å²) in [5.41, 5.74) is 2.93. The summed E-state index contributed by atoms with van der Waals surface area (Å²) >= 11 is 0. The van der Waals surface area contributed by atoms with Crippen LogP contribution in [0.2, 0.25) is 0 Å². The topological polar surface area (TPSA) is 125 Å². The molecule has 0 aliphatic rings. The predicted octanol–water partition coefficient (Wildman–Crippen LogP) is 4.76. The molecule has 3 aromatic carbocycles. The van der Waals surface area contributed by atoms with Gasteiger partial charge in [-0.25, -0.2) is 4.79 Å². The van der Waals surface area contributed by atoms with Crippen molar-refractivity contribution in [3.05, 3.63) is 96.1 Å². The van der Waals surface area contributed by atoms with Crippen LogP contribution >= 0.6 is 7.60 Å². The summed E-state index contributed by atoms with van der Waals surface area (Å²) in [6.07, 6.45) is 0.146. The number of hydrogen-bond acceptors (Lipinski definition) is 6. The van der Waals surface area contributed by atoms with Crippen LogP contribution in [-0.4, -0.2) is 63.7 Å². The minimum Gasteiger partial charge on any atom is -0.458 e. The zero-order valence-corrected chi connectivity index (χ0v) is 25.7. The van der Waals surface area contributed by atoms with Crippen LogP contribution in [0.5, 0.6) is 0 Å². The molecule has 0 saturated heterocycles. The molecule has 0 spiro atoms. The van der Waals surface area contributed by atoms with E-state index in [4.69, 9.17) is 9.47 Å². The van der Waals surface area contributed by atoms with Crippen LogP contribution in [0.25, 0.3) is 11.1 Å². The molecule has 42 heavy (non-hydrogen) atoms. The molecule has 3 aromatic rings. The average Bonchev–Trinajstić information content (AvgIpc) is 2.94. The van der Waals surface area contributed by atoms with Crippen molar-refractivity contribution in [2.45, 2.75) is 64.2 Å². The van der Waals surface area contributed by atoms with Crippen molar-refractivity contribution >= 4 is 19.5 Å². The van der Waals surface area contributed by atoms with Gasteiger partial charge in [-0.2, -0.15) is 0 Å². The summed E-state index contributed by atoms with van der Waals surface area (Å²) in [4.78, 5) is 48.0. The van der Waals surface area contributed by atoms with Crippen molar-refractivity contribution in [2.75, 3.05) is 13.7 Å². The number of nitrogens with zero attached hydrogens (tertiary/aromatic N) is 1. The van der Waals surface area contributed by atoms with E-state index in [2.05, 4.69) is 5.32 Å². The van der Waals surface area contributed by atoms with Crippen LogP contribution in [0, 0.1) is 0 Å². The molecule has 1 amide bonds. The standard InChI is InChI=1S/C32H41N2O7P/c1-23(42(37,38)39)34(5)29(20-24-16-18-27(19-17-24)26-14-10-7-11-15-26)30(35)33-28(31(36)41-32(2,3)4)22-40-21-25-12-8-6-9-13-25/h6-19,23,28-29H,20-22H2,1-5H3,(H,33,35)(H2,37,38,39)/t23?,28-,29-/m0/s1. The van der Waals surface area contributed by atoms with Gasteiger partial charge in [-0.05, 0) is 63.4 Å². The minimum atomic E-state index is -4.56. The van der Waals surface area contributed by atoms with Gasteiger partial charge in [0.25, 0.3) is 0 Å². The molecular weight excluding hydrogens is 555 g/mol. The average molecular weight is 597 g/mol. The van der Waals surface area contributed by atoms with Crippen molar-refractivity contribution in [3.63, 3.8) is 0 Å². The molecule has 1 unspecified atom stereocenters. The summed E-state index contributed by atoms with van der Waals surface area (Å²) in [6, 6.07) is 24.7. The lowest BCUT2D eigenvalue weighted by Gasteiger charge is -2.33. The van der Waals surface area contributed by atoms with Gasteiger partial charge in [-0.15, -0.1) is 0 Å². The second kappa shape index (κ2) is 14.7. The molecule has 0 fully saturated rings. The molecule has 10 heteroatoms. The molecule has 0 aromatic heterocycles. The van der Waals surface area contributed by atoms with Crippen molar-refractivity contribution in [2.24, 2.45) is 0 Å². The third-order valence-corrected chi connectivity index (χ3v) is 8.10. The first-order chi connectivity index (χ1) is 19.7. The number of carbonyl (C=O) groups is 2. The highest BCUT2D eigenvalue weighted by atomic mass is 31.2. The Kier molecular flexibility index (Phi) is 11.6. The quantitative estimate of drug-likeness (QED) is 0.191. The lowest BCUT2D eigenvalue weighted by Crippen LogP contribution is -2.55. The first-order valence-corrected chi connectivity index (χ1v) is 15.5. The highest BCUT2D eigenvalue weighted by Crippen LogP contribution is 2.43. The number of rotatable bonds is 13. The Hall–Kier alpha value is -3.33. The number of amides is 1. The number of esters is 1. The summed E-state index contributed by atoms with van der Waals surface area (Å²) < 4.78 is 23.5. The van der Waals surface area contributed by atoms with Crippen LogP contribution in [-0.2, 0) is 36.7 Å². The molecule has 226 valence electrons. The number of ether oxygens (including phenoxy) is 2. The fraction of sp³-hybridized carbons (Fsp3) is 0.375. The highest BCUT2D eigenvalue weighted by molar-refractivity contribution is 7.52. The molecule has 3 N–H and O–H groups in total. The van der Waals surface area contributed by atoms with Gasteiger partial charge in [0, 0.05) is 0 Å². The SMILES string of the molecule is CC(N(C)[C@@H](Cc1ccc(-c2ccccc2)cc1)C(=O)N[C@@H](COCc1ccccc1)C(=O)OC(C)(C)C)P(=O)(O)O. The van der Waals surface area contributed by atoms with Crippen molar-refractivity contribution in [1.29, 1.82) is 0 Å². The summed E-state index contributed by atoms with van der Waals surface area (Å²) in [7, 11) is -3.08. The van der Waals surface area contributed by atoms with Gasteiger partial charge in [-0.3, -0.25) is 14.3 Å². The van der Waals surface area contributed by atoms with Gasteiger partial charge in [0.2, 0.25) is 5.91 Å². The Morgan fingerprint density at radius 3 is 1.98 bits per heavy atom. The van der Waals surface area contributed by atoms with E-state index in [1.54, 1.807) is 20.8 Å². The maximum absolute atomic E-state index is 13.8. The normalized spacial score (nSPS) is 14.2. The summed E-state index contributed by atoms with van der Waals surface area (Å²) in [5.74, 6) is -2.49. The van der Waals surface area contributed by atoms with Crippen molar-refractivity contribution in [3.8, 4) is 11.1 Å². The Morgan fingerprint density at radius 2 is 1.43 bits per heavy atom. The van der Waals surface area contributed by atoms with Gasteiger partial charge in [0.15, 0.2) is 6.04 Å². The zero-order chi connectivity index (χ0) is 30.9. The van der Waals surface area contributed by atoms with Crippen molar-refractivity contribution in [1.82, 2.24) is 10.2 Å². The summed E-state index contributed by atoms with van der Waals surface area (Å²) in [6.45, 7) is 6.63. The van der Waals surface area contributed by atoms with E-state index < -0.39 is 42.9 Å². The van der Waals surface area contributed by atoms with E-state index in [1.165, 1.54) is 18.9 Å². The third-order valence-electron chi connectivity index (χ3n) is 6.76. The maximum atomic E-state index is 13.8. The highest BCUT2D eigenvalue weighted by Gasteiger charge is 2.37. The lowest BCUT2D eigenvalue weighted by molar-refractivity contribution is -0.161. The monoisotopic (exact) mass is 596 g/mol. The van der Waals surface area contributed by atoms with E-state index in [-0.39, 0.29) is 19.6 Å². The van der Waals surface area contributed by atoms with Crippen molar-refractivity contribution < 1.29 is 33.4 Å². The lowest BCUT2D eigenvalue weighted by atomic mass is 9.99. The Labute approximate surface area is 248 Å². The molecule has 9 nitrogen and oxygen atoms in total. The van der Waals surface area contributed by atoms with Crippen LogP contribution in [0.3, 0.4) is 0 Å². The molecule has 0 aliphatic heterocycles. The van der Waals surface area contributed by atoms with E-state index >= 15 is 0 Å². The number of carbonyl (C=O) groups excluding carboxylic acids is 2. The third kappa shape index (κ3) is 10.2. The molecule has 0 heterocycles. The van der Waals surface area contributed by atoms with Gasteiger partial charge >= 0.3 is 13.6 Å². The Bertz CT molecular complexity index is 1340. The first-order valence-electron chi connectivity index (χ1n) is 13.8. The molecule has 0 saturated carbocycles.